The Morgan fingerprint density at radius 3 is 2.83 bits per heavy atom. The van der Waals surface area contributed by atoms with Crippen LogP contribution in [0.5, 0.6) is 0 Å². The zero-order chi connectivity index (χ0) is 13.6. The largest absolute Gasteiger partial charge is 0.444 e. The number of amides is 1. The summed E-state index contributed by atoms with van der Waals surface area (Å²) in [6.07, 6.45) is 6.28. The van der Waals surface area contributed by atoms with Gasteiger partial charge in [0.1, 0.15) is 5.60 Å². The van der Waals surface area contributed by atoms with Crippen LogP contribution in [-0.2, 0) is 4.74 Å². The molecular weight excluding hydrogens is 246 g/mol. The van der Waals surface area contributed by atoms with E-state index in [1.807, 2.05) is 26.8 Å². The van der Waals surface area contributed by atoms with E-state index in [1.54, 1.807) is 0 Å². The number of thiocarbonyl (C=S) groups is 1. The number of allylic oxidation sites excluding steroid dienone is 1. The van der Waals surface area contributed by atoms with Gasteiger partial charge in [-0.1, -0.05) is 11.4 Å². The van der Waals surface area contributed by atoms with Crippen molar-refractivity contribution in [3.05, 3.63) is 6.08 Å². The molecule has 1 fully saturated rings. The maximum Gasteiger partial charge on any atom is 0.407 e. The fourth-order valence-corrected chi connectivity index (χ4v) is 2.50. The molecule has 2 unspecified atom stereocenters. The van der Waals surface area contributed by atoms with Gasteiger partial charge in [-0.25, -0.2) is 4.79 Å². The van der Waals surface area contributed by atoms with Crippen LogP contribution in [0.25, 0.3) is 0 Å². The van der Waals surface area contributed by atoms with Gasteiger partial charge in [0.25, 0.3) is 0 Å². The summed E-state index contributed by atoms with van der Waals surface area (Å²) in [7, 11) is 0. The molecule has 1 rings (SSSR count). The molecule has 1 saturated carbocycles. The average molecular weight is 269 g/mol. The lowest BCUT2D eigenvalue weighted by atomic mass is 9.81. The van der Waals surface area contributed by atoms with Crippen LogP contribution < -0.4 is 5.32 Å². The first-order valence-corrected chi connectivity index (χ1v) is 6.99. The molecule has 0 aliphatic heterocycles. The third-order valence-corrected chi connectivity index (χ3v) is 3.20. The van der Waals surface area contributed by atoms with E-state index in [4.69, 9.17) is 17.0 Å². The summed E-state index contributed by atoms with van der Waals surface area (Å²) in [5.41, 5.74) is -0.431. The Morgan fingerprint density at radius 1 is 1.50 bits per heavy atom. The molecular formula is C14H23NO2S. The number of ether oxygens (including phenoxy) is 1. The van der Waals surface area contributed by atoms with Crippen LogP contribution in [0.4, 0.5) is 4.79 Å². The van der Waals surface area contributed by atoms with Crippen molar-refractivity contribution in [2.24, 2.45) is 11.8 Å². The van der Waals surface area contributed by atoms with Crippen molar-refractivity contribution in [1.82, 2.24) is 5.32 Å². The van der Waals surface area contributed by atoms with E-state index in [1.165, 1.54) is 12.8 Å². The van der Waals surface area contributed by atoms with Crippen molar-refractivity contribution in [1.29, 1.82) is 0 Å². The molecule has 1 aliphatic rings. The molecule has 18 heavy (non-hydrogen) atoms. The average Bonchev–Trinajstić information content (AvgIpc) is 2.25. The summed E-state index contributed by atoms with van der Waals surface area (Å²) in [6.45, 7) is 6.30. The van der Waals surface area contributed by atoms with Gasteiger partial charge in [0.2, 0.25) is 0 Å². The van der Waals surface area contributed by atoms with Crippen molar-refractivity contribution < 1.29 is 9.53 Å². The minimum Gasteiger partial charge on any atom is -0.444 e. The van der Waals surface area contributed by atoms with Gasteiger partial charge in [0.05, 0.1) is 0 Å². The van der Waals surface area contributed by atoms with Crippen LogP contribution in [-0.4, -0.2) is 23.3 Å². The highest BCUT2D eigenvalue weighted by Gasteiger charge is 2.22. The molecule has 3 nitrogen and oxygen atoms in total. The Morgan fingerprint density at radius 2 is 2.22 bits per heavy atom. The van der Waals surface area contributed by atoms with Crippen LogP contribution in [0.1, 0.15) is 46.5 Å². The highest BCUT2D eigenvalue weighted by Crippen LogP contribution is 2.29. The van der Waals surface area contributed by atoms with Crippen molar-refractivity contribution in [3.63, 3.8) is 0 Å². The normalized spacial score (nSPS) is 23.9. The zero-order valence-electron chi connectivity index (χ0n) is 11.5. The Balaban J connectivity index is 2.30. The summed E-state index contributed by atoms with van der Waals surface area (Å²) in [6, 6.07) is 0. The predicted molar refractivity (Wildman–Crippen MR) is 76.9 cm³/mol. The summed E-state index contributed by atoms with van der Waals surface area (Å²) in [5.74, 6) is 1.05. The lowest BCUT2D eigenvalue weighted by Gasteiger charge is -2.27. The molecule has 0 saturated heterocycles. The van der Waals surface area contributed by atoms with E-state index >= 15 is 0 Å². The molecule has 0 aromatic carbocycles. The van der Waals surface area contributed by atoms with Gasteiger partial charge in [-0.2, -0.15) is 0 Å². The highest BCUT2D eigenvalue weighted by molar-refractivity contribution is 7.78. The van der Waals surface area contributed by atoms with E-state index in [-0.39, 0.29) is 6.09 Å². The predicted octanol–water partition coefficient (Wildman–Crippen LogP) is 3.47. The van der Waals surface area contributed by atoms with Crippen molar-refractivity contribution in [2.75, 3.05) is 6.54 Å². The molecule has 0 spiro atoms. The van der Waals surface area contributed by atoms with E-state index in [0.717, 1.165) is 12.8 Å². The fraction of sp³-hybridized carbons (Fsp3) is 0.786. The minimum absolute atomic E-state index is 0.324. The summed E-state index contributed by atoms with van der Waals surface area (Å²) >= 11 is 4.74. The van der Waals surface area contributed by atoms with Crippen LogP contribution in [0.3, 0.4) is 0 Å². The SMILES string of the molecule is CC(C)(C)OC(=O)NCC1CCCC(C=C=S)C1. The van der Waals surface area contributed by atoms with Gasteiger partial charge in [-0.3, -0.25) is 0 Å². The smallest absolute Gasteiger partial charge is 0.407 e. The number of carbonyl (C=O) groups excluding carboxylic acids is 1. The second-order valence-electron chi connectivity index (χ2n) is 5.96. The maximum atomic E-state index is 11.5. The van der Waals surface area contributed by atoms with E-state index in [2.05, 4.69) is 10.3 Å². The fourth-order valence-electron chi connectivity index (χ4n) is 2.31. The topological polar surface area (TPSA) is 38.3 Å². The van der Waals surface area contributed by atoms with Gasteiger partial charge in [0, 0.05) is 6.54 Å². The van der Waals surface area contributed by atoms with E-state index in [9.17, 15) is 4.79 Å². The number of alkyl carbamates (subject to hydrolysis) is 1. The van der Waals surface area contributed by atoms with Gasteiger partial charge in [-0.05, 0) is 70.2 Å². The van der Waals surface area contributed by atoms with Crippen molar-refractivity contribution in [2.45, 2.75) is 52.1 Å². The lowest BCUT2D eigenvalue weighted by Crippen LogP contribution is -2.36. The molecule has 4 heteroatoms. The van der Waals surface area contributed by atoms with Crippen molar-refractivity contribution >= 4 is 23.3 Å². The number of carbonyl (C=O) groups is 1. The Labute approximate surface area is 115 Å². The third-order valence-electron chi connectivity index (χ3n) is 3.06. The maximum absolute atomic E-state index is 11.5. The van der Waals surface area contributed by atoms with Gasteiger partial charge >= 0.3 is 6.09 Å². The first kappa shape index (κ1) is 15.2. The standard InChI is InChI=1S/C14H23NO2S/c1-14(2,3)17-13(16)15-10-12-6-4-5-11(9-12)7-8-18/h7,11-12H,4-6,9-10H2,1-3H3,(H,15,16). The third kappa shape index (κ3) is 6.18. The van der Waals surface area contributed by atoms with E-state index < -0.39 is 5.60 Å². The second kappa shape index (κ2) is 6.91. The minimum atomic E-state index is -0.431. The molecule has 1 N–H and O–H groups in total. The molecule has 1 aliphatic carbocycles. The van der Waals surface area contributed by atoms with Gasteiger partial charge in [-0.15, -0.1) is 0 Å². The molecule has 1 amide bonds. The molecule has 0 aromatic heterocycles. The zero-order valence-corrected chi connectivity index (χ0v) is 12.3. The van der Waals surface area contributed by atoms with E-state index in [0.29, 0.717) is 18.4 Å². The number of hydrogen-bond donors (Lipinski definition) is 1. The quantitative estimate of drug-likeness (QED) is 0.797. The lowest BCUT2D eigenvalue weighted by molar-refractivity contribution is 0.0513. The number of nitrogens with one attached hydrogen (secondary N) is 1. The highest BCUT2D eigenvalue weighted by atomic mass is 32.1. The first-order chi connectivity index (χ1) is 8.40. The molecule has 0 aromatic rings. The molecule has 0 bridgehead atoms. The van der Waals surface area contributed by atoms with Gasteiger partial charge in [0.15, 0.2) is 0 Å². The molecule has 2 atom stereocenters. The Bertz CT molecular complexity index is 329. The van der Waals surface area contributed by atoms with Crippen LogP contribution in [0.2, 0.25) is 0 Å². The number of rotatable bonds is 3. The molecule has 0 heterocycles. The first-order valence-electron chi connectivity index (χ1n) is 6.58. The molecule has 102 valence electrons. The van der Waals surface area contributed by atoms with Crippen LogP contribution >= 0.6 is 12.2 Å². The van der Waals surface area contributed by atoms with Crippen LogP contribution in [0, 0.1) is 11.8 Å². The summed E-state index contributed by atoms with van der Waals surface area (Å²) in [5, 5.41) is 5.55. The second-order valence-corrected chi connectivity index (χ2v) is 6.20. The van der Waals surface area contributed by atoms with Crippen molar-refractivity contribution in [3.8, 4) is 0 Å². The van der Waals surface area contributed by atoms with Gasteiger partial charge < -0.3 is 10.1 Å². The Kier molecular flexibility index (Phi) is 5.83. The monoisotopic (exact) mass is 269 g/mol. The number of hydrogen-bond acceptors (Lipinski definition) is 3. The molecule has 0 radical (unpaired) electrons. The summed E-state index contributed by atoms with van der Waals surface area (Å²) < 4.78 is 5.22. The van der Waals surface area contributed by atoms with Crippen LogP contribution in [0.15, 0.2) is 6.08 Å². The Hall–Kier alpha value is -0.860. The summed E-state index contributed by atoms with van der Waals surface area (Å²) in [4.78, 5) is 11.5.